The fourth-order valence-corrected chi connectivity index (χ4v) is 1.87. The lowest BCUT2D eigenvalue weighted by Gasteiger charge is -1.96. The van der Waals surface area contributed by atoms with Gasteiger partial charge in [-0.25, -0.2) is 9.97 Å². The van der Waals surface area contributed by atoms with Crippen molar-refractivity contribution in [3.63, 3.8) is 0 Å². The fourth-order valence-electron chi connectivity index (χ4n) is 1.54. The van der Waals surface area contributed by atoms with Crippen LogP contribution in [0.25, 0.3) is 11.2 Å². The van der Waals surface area contributed by atoms with E-state index in [-0.39, 0.29) is 0 Å². The minimum absolute atomic E-state index is 0.706. The van der Waals surface area contributed by atoms with Gasteiger partial charge >= 0.3 is 0 Å². The number of hydrogen-bond donors (Lipinski definition) is 2. The van der Waals surface area contributed by atoms with E-state index in [1.54, 1.807) is 6.20 Å². The van der Waals surface area contributed by atoms with Crippen LogP contribution in [-0.2, 0) is 6.54 Å². The largest absolute Gasteiger partial charge is 0.339 e. The third kappa shape index (κ3) is 2.03. The zero-order valence-electron chi connectivity index (χ0n) is 8.13. The van der Waals surface area contributed by atoms with Gasteiger partial charge in [0.1, 0.15) is 5.82 Å². The van der Waals surface area contributed by atoms with Gasteiger partial charge in [-0.1, -0.05) is 0 Å². The molecule has 4 nitrogen and oxygen atoms in total. The van der Waals surface area contributed by atoms with Crippen LogP contribution < -0.4 is 5.32 Å². The first-order valence-electron chi connectivity index (χ1n) is 5.05. The van der Waals surface area contributed by atoms with E-state index in [4.69, 9.17) is 0 Å². The topological polar surface area (TPSA) is 53.6 Å². The molecule has 0 aromatic carbocycles. The molecule has 3 rings (SSSR count). The summed E-state index contributed by atoms with van der Waals surface area (Å²) in [5.41, 5.74) is 1.77. The van der Waals surface area contributed by atoms with E-state index in [1.807, 2.05) is 6.07 Å². The molecule has 78 valence electrons. The highest BCUT2D eigenvalue weighted by Gasteiger charge is 2.20. The Labute approximate surface area is 95.6 Å². The van der Waals surface area contributed by atoms with Crippen LogP contribution in [0.15, 0.2) is 16.7 Å². The molecule has 0 radical (unpaired) electrons. The molecular weight excluding hydrogens is 256 g/mol. The van der Waals surface area contributed by atoms with Crippen LogP contribution in [0.2, 0.25) is 0 Å². The van der Waals surface area contributed by atoms with Gasteiger partial charge in [-0.15, -0.1) is 0 Å². The number of nitrogens with one attached hydrogen (secondary N) is 2. The second-order valence-electron chi connectivity index (χ2n) is 3.86. The summed E-state index contributed by atoms with van der Waals surface area (Å²) in [7, 11) is 0. The number of pyridine rings is 1. The van der Waals surface area contributed by atoms with Crippen LogP contribution >= 0.6 is 15.9 Å². The average molecular weight is 267 g/mol. The first-order chi connectivity index (χ1) is 7.31. The molecule has 5 heteroatoms. The van der Waals surface area contributed by atoms with Gasteiger partial charge in [0.05, 0.1) is 12.1 Å². The second kappa shape index (κ2) is 3.57. The van der Waals surface area contributed by atoms with E-state index in [0.717, 1.165) is 28.0 Å². The summed E-state index contributed by atoms with van der Waals surface area (Å²) in [5, 5.41) is 3.42. The van der Waals surface area contributed by atoms with Gasteiger partial charge in [-0.05, 0) is 34.8 Å². The third-order valence-electron chi connectivity index (χ3n) is 2.49. The predicted octanol–water partition coefficient (Wildman–Crippen LogP) is 1.97. The van der Waals surface area contributed by atoms with Gasteiger partial charge in [0, 0.05) is 16.7 Å². The summed E-state index contributed by atoms with van der Waals surface area (Å²) in [4.78, 5) is 11.9. The minimum Gasteiger partial charge on any atom is -0.339 e. The van der Waals surface area contributed by atoms with Gasteiger partial charge in [0.25, 0.3) is 0 Å². The minimum atomic E-state index is 0.706. The van der Waals surface area contributed by atoms with E-state index < -0.39 is 0 Å². The van der Waals surface area contributed by atoms with Crippen LogP contribution in [0.1, 0.15) is 18.7 Å². The highest BCUT2D eigenvalue weighted by Crippen LogP contribution is 2.19. The number of H-pyrrole nitrogens is 1. The molecule has 1 fully saturated rings. The van der Waals surface area contributed by atoms with Crippen molar-refractivity contribution in [3.05, 3.63) is 22.6 Å². The maximum atomic E-state index is 4.40. The van der Waals surface area contributed by atoms with Gasteiger partial charge in [-0.3, -0.25) is 0 Å². The molecule has 2 N–H and O–H groups in total. The maximum Gasteiger partial charge on any atom is 0.177 e. The van der Waals surface area contributed by atoms with Crippen molar-refractivity contribution in [3.8, 4) is 0 Å². The van der Waals surface area contributed by atoms with Crippen LogP contribution in [0, 0.1) is 0 Å². The molecule has 0 aliphatic heterocycles. The van der Waals surface area contributed by atoms with E-state index in [1.165, 1.54) is 12.8 Å². The first kappa shape index (κ1) is 9.30. The molecule has 0 atom stereocenters. The standard InChI is InChI=1S/C10H11BrN4/c11-6-3-8-10(13-4-6)15-9(14-8)5-12-7-1-2-7/h3-4,7,12H,1-2,5H2,(H,13,14,15). The van der Waals surface area contributed by atoms with Crippen molar-refractivity contribution in [1.82, 2.24) is 20.3 Å². The summed E-state index contributed by atoms with van der Waals surface area (Å²) in [6.07, 6.45) is 4.36. The quantitative estimate of drug-likeness (QED) is 0.894. The van der Waals surface area contributed by atoms with Crippen molar-refractivity contribution in [2.24, 2.45) is 0 Å². The number of aromatic nitrogens is 3. The van der Waals surface area contributed by atoms with Crippen molar-refractivity contribution < 1.29 is 0 Å². The third-order valence-corrected chi connectivity index (χ3v) is 2.92. The number of aromatic amines is 1. The van der Waals surface area contributed by atoms with Crippen molar-refractivity contribution in [2.45, 2.75) is 25.4 Å². The van der Waals surface area contributed by atoms with Crippen LogP contribution in [-0.4, -0.2) is 21.0 Å². The van der Waals surface area contributed by atoms with E-state index >= 15 is 0 Å². The number of nitrogens with zero attached hydrogens (tertiary/aromatic N) is 2. The summed E-state index contributed by atoms with van der Waals surface area (Å²) in [6, 6.07) is 2.70. The molecule has 2 aromatic heterocycles. The fraction of sp³-hybridized carbons (Fsp3) is 0.400. The Morgan fingerprint density at radius 1 is 1.53 bits per heavy atom. The Bertz CT molecular complexity index is 489. The molecule has 2 heterocycles. The van der Waals surface area contributed by atoms with Crippen LogP contribution in [0.5, 0.6) is 0 Å². The number of halogens is 1. The van der Waals surface area contributed by atoms with Crippen LogP contribution in [0.3, 0.4) is 0 Å². The lowest BCUT2D eigenvalue weighted by molar-refractivity contribution is 0.665. The highest BCUT2D eigenvalue weighted by molar-refractivity contribution is 9.10. The lowest BCUT2D eigenvalue weighted by Crippen LogP contribution is -2.16. The molecule has 0 amide bonds. The van der Waals surface area contributed by atoms with Gasteiger partial charge < -0.3 is 10.3 Å². The molecule has 1 saturated carbocycles. The van der Waals surface area contributed by atoms with E-state index in [9.17, 15) is 0 Å². The van der Waals surface area contributed by atoms with Crippen molar-refractivity contribution >= 4 is 27.1 Å². The Hall–Kier alpha value is -0.940. The number of fused-ring (bicyclic) bond motifs is 1. The van der Waals surface area contributed by atoms with E-state index in [2.05, 4.69) is 36.2 Å². The predicted molar refractivity (Wildman–Crippen MR) is 61.5 cm³/mol. The van der Waals surface area contributed by atoms with Gasteiger partial charge in [0.15, 0.2) is 5.65 Å². The summed E-state index contributed by atoms with van der Waals surface area (Å²) >= 11 is 3.39. The summed E-state index contributed by atoms with van der Waals surface area (Å²) in [5.74, 6) is 0.961. The van der Waals surface area contributed by atoms with E-state index in [0.29, 0.717) is 6.04 Å². The zero-order valence-corrected chi connectivity index (χ0v) is 9.71. The molecule has 0 spiro atoms. The summed E-state index contributed by atoms with van der Waals surface area (Å²) in [6.45, 7) is 0.804. The van der Waals surface area contributed by atoms with Crippen LogP contribution in [0.4, 0.5) is 0 Å². The number of rotatable bonds is 3. The van der Waals surface area contributed by atoms with Crippen molar-refractivity contribution in [1.29, 1.82) is 0 Å². The Kier molecular flexibility index (Phi) is 2.21. The molecule has 0 saturated heterocycles. The lowest BCUT2D eigenvalue weighted by atomic mass is 10.4. The molecule has 1 aliphatic carbocycles. The van der Waals surface area contributed by atoms with Crippen molar-refractivity contribution in [2.75, 3.05) is 0 Å². The van der Waals surface area contributed by atoms with Gasteiger partial charge in [-0.2, -0.15) is 0 Å². The number of hydrogen-bond acceptors (Lipinski definition) is 3. The molecule has 0 bridgehead atoms. The Balaban J connectivity index is 1.84. The SMILES string of the molecule is Brc1cnc2nc(CNC3CC3)[nH]c2c1. The molecule has 15 heavy (non-hydrogen) atoms. The number of imidazole rings is 1. The summed E-state index contributed by atoms with van der Waals surface area (Å²) < 4.78 is 0.973. The molecular formula is C10H11BrN4. The maximum absolute atomic E-state index is 4.40. The monoisotopic (exact) mass is 266 g/mol. The second-order valence-corrected chi connectivity index (χ2v) is 4.78. The Morgan fingerprint density at radius 2 is 2.40 bits per heavy atom. The molecule has 0 unspecified atom stereocenters. The average Bonchev–Trinajstić information content (AvgIpc) is 2.95. The van der Waals surface area contributed by atoms with Gasteiger partial charge in [0.2, 0.25) is 0 Å². The molecule has 2 aromatic rings. The highest BCUT2D eigenvalue weighted by atomic mass is 79.9. The zero-order chi connectivity index (χ0) is 10.3. The molecule has 1 aliphatic rings. The normalized spacial score (nSPS) is 16.1. The Morgan fingerprint density at radius 3 is 3.20 bits per heavy atom. The first-order valence-corrected chi connectivity index (χ1v) is 5.84. The smallest absolute Gasteiger partial charge is 0.177 e.